The highest BCUT2D eigenvalue weighted by Gasteiger charge is 2.05. The number of hydrogen-bond acceptors (Lipinski definition) is 3. The molecule has 0 aliphatic rings. The molecule has 0 fully saturated rings. The van der Waals surface area contributed by atoms with E-state index in [0.717, 1.165) is 16.9 Å². The maximum atomic E-state index is 8.92. The Morgan fingerprint density at radius 1 is 1.35 bits per heavy atom. The first kappa shape index (κ1) is 14.3. The van der Waals surface area contributed by atoms with Gasteiger partial charge in [-0.15, -0.1) is 0 Å². The molecule has 20 heavy (non-hydrogen) atoms. The third-order valence-corrected chi connectivity index (χ3v) is 3.40. The third kappa shape index (κ3) is 3.06. The summed E-state index contributed by atoms with van der Waals surface area (Å²) in [5.74, 6) is 0. The summed E-state index contributed by atoms with van der Waals surface area (Å²) < 4.78 is 1.82. The minimum Gasteiger partial charge on any atom is -0.381 e. The van der Waals surface area contributed by atoms with Gasteiger partial charge in [0, 0.05) is 39.6 Å². The fraction of sp³-hybridized carbons (Fsp3) is 0.267. The van der Waals surface area contributed by atoms with Crippen molar-refractivity contribution in [2.45, 2.75) is 6.54 Å². The SMILES string of the molecule is CN(C)c1ccc(NCc2cc(C#N)n(C)c2)cc1Cl. The second-order valence-electron chi connectivity index (χ2n) is 4.87. The van der Waals surface area contributed by atoms with E-state index in [2.05, 4.69) is 11.4 Å². The lowest BCUT2D eigenvalue weighted by molar-refractivity contribution is 0.902. The molecule has 4 nitrogen and oxygen atoms in total. The fourth-order valence-electron chi connectivity index (χ4n) is 2.02. The standard InChI is InChI=1S/C15H17ClN4/c1-19(2)15-5-4-12(7-14(15)16)18-9-11-6-13(8-17)20(3)10-11/h4-7,10,18H,9H2,1-3H3. The predicted octanol–water partition coefficient (Wildman–Crippen LogP) is 3.23. The zero-order valence-electron chi connectivity index (χ0n) is 11.8. The zero-order chi connectivity index (χ0) is 14.7. The van der Waals surface area contributed by atoms with Gasteiger partial charge in [0.2, 0.25) is 0 Å². The summed E-state index contributed by atoms with van der Waals surface area (Å²) in [5.41, 5.74) is 3.67. The number of nitrogens with one attached hydrogen (secondary N) is 1. The van der Waals surface area contributed by atoms with Crippen LogP contribution in [0.3, 0.4) is 0 Å². The van der Waals surface area contributed by atoms with Gasteiger partial charge in [0.1, 0.15) is 11.8 Å². The van der Waals surface area contributed by atoms with E-state index >= 15 is 0 Å². The van der Waals surface area contributed by atoms with E-state index in [1.165, 1.54) is 0 Å². The van der Waals surface area contributed by atoms with Crippen LogP contribution in [-0.2, 0) is 13.6 Å². The molecular formula is C15H17ClN4. The summed E-state index contributed by atoms with van der Waals surface area (Å²) >= 11 is 6.23. The van der Waals surface area contributed by atoms with Gasteiger partial charge in [-0.2, -0.15) is 5.26 Å². The van der Waals surface area contributed by atoms with Crippen LogP contribution < -0.4 is 10.2 Å². The van der Waals surface area contributed by atoms with Crippen LogP contribution in [0.15, 0.2) is 30.5 Å². The molecule has 0 amide bonds. The number of halogens is 1. The van der Waals surface area contributed by atoms with E-state index in [0.29, 0.717) is 17.3 Å². The molecule has 0 atom stereocenters. The third-order valence-electron chi connectivity index (χ3n) is 3.10. The van der Waals surface area contributed by atoms with Crippen LogP contribution in [0.4, 0.5) is 11.4 Å². The molecular weight excluding hydrogens is 272 g/mol. The smallest absolute Gasteiger partial charge is 0.120 e. The van der Waals surface area contributed by atoms with Gasteiger partial charge >= 0.3 is 0 Å². The van der Waals surface area contributed by atoms with E-state index in [1.807, 2.05) is 61.1 Å². The lowest BCUT2D eigenvalue weighted by atomic mass is 10.2. The summed E-state index contributed by atoms with van der Waals surface area (Å²) in [5, 5.41) is 12.9. The van der Waals surface area contributed by atoms with Gasteiger partial charge in [-0.05, 0) is 29.8 Å². The molecule has 0 saturated heterocycles. The largest absolute Gasteiger partial charge is 0.381 e. The van der Waals surface area contributed by atoms with Crippen LogP contribution in [0.25, 0.3) is 0 Å². The van der Waals surface area contributed by atoms with Crippen LogP contribution in [0.1, 0.15) is 11.3 Å². The van der Waals surface area contributed by atoms with E-state index < -0.39 is 0 Å². The average molecular weight is 289 g/mol. The Morgan fingerprint density at radius 3 is 2.65 bits per heavy atom. The Kier molecular flexibility index (Phi) is 4.21. The highest BCUT2D eigenvalue weighted by Crippen LogP contribution is 2.27. The molecule has 0 saturated carbocycles. The van der Waals surface area contributed by atoms with Crippen molar-refractivity contribution in [2.24, 2.45) is 7.05 Å². The van der Waals surface area contributed by atoms with E-state index in [1.54, 1.807) is 0 Å². The van der Waals surface area contributed by atoms with Crippen LogP contribution in [-0.4, -0.2) is 18.7 Å². The molecule has 1 heterocycles. The molecule has 0 aliphatic carbocycles. The lowest BCUT2D eigenvalue weighted by Crippen LogP contribution is -2.09. The summed E-state index contributed by atoms with van der Waals surface area (Å²) in [6.45, 7) is 0.660. The predicted molar refractivity (Wildman–Crippen MR) is 83.2 cm³/mol. The van der Waals surface area contributed by atoms with E-state index in [-0.39, 0.29) is 0 Å². The van der Waals surface area contributed by atoms with Crippen molar-refractivity contribution < 1.29 is 0 Å². The first-order chi connectivity index (χ1) is 9.51. The fourth-order valence-corrected chi connectivity index (χ4v) is 2.37. The molecule has 0 spiro atoms. The van der Waals surface area contributed by atoms with Crippen molar-refractivity contribution in [1.82, 2.24) is 4.57 Å². The molecule has 2 aromatic rings. The quantitative estimate of drug-likeness (QED) is 0.939. The number of aromatic nitrogens is 1. The Balaban J connectivity index is 2.07. The van der Waals surface area contributed by atoms with Gasteiger partial charge in [0.25, 0.3) is 0 Å². The summed E-state index contributed by atoms with van der Waals surface area (Å²) in [6.07, 6.45) is 1.95. The van der Waals surface area contributed by atoms with Crippen molar-refractivity contribution >= 4 is 23.0 Å². The summed E-state index contributed by atoms with van der Waals surface area (Å²) in [6, 6.07) is 9.91. The van der Waals surface area contributed by atoms with Crippen molar-refractivity contribution in [1.29, 1.82) is 5.26 Å². The highest BCUT2D eigenvalue weighted by molar-refractivity contribution is 6.33. The lowest BCUT2D eigenvalue weighted by Gasteiger charge is -2.15. The number of anilines is 2. The zero-order valence-corrected chi connectivity index (χ0v) is 12.6. The topological polar surface area (TPSA) is 44.0 Å². The van der Waals surface area contributed by atoms with Crippen molar-refractivity contribution in [3.63, 3.8) is 0 Å². The van der Waals surface area contributed by atoms with Crippen LogP contribution in [0.5, 0.6) is 0 Å². The summed E-state index contributed by atoms with van der Waals surface area (Å²) in [7, 11) is 5.79. The maximum absolute atomic E-state index is 8.92. The van der Waals surface area contributed by atoms with Gasteiger partial charge < -0.3 is 14.8 Å². The molecule has 1 N–H and O–H groups in total. The van der Waals surface area contributed by atoms with Gasteiger partial charge in [-0.1, -0.05) is 11.6 Å². The molecule has 0 radical (unpaired) electrons. The minimum absolute atomic E-state index is 0.655. The van der Waals surface area contributed by atoms with E-state index in [4.69, 9.17) is 16.9 Å². The molecule has 2 rings (SSSR count). The Bertz CT molecular complexity index is 652. The number of aryl methyl sites for hydroxylation is 1. The van der Waals surface area contributed by atoms with Gasteiger partial charge in [0.05, 0.1) is 10.7 Å². The number of hydrogen-bond donors (Lipinski definition) is 1. The molecule has 0 unspecified atom stereocenters. The molecule has 1 aromatic heterocycles. The molecule has 0 bridgehead atoms. The molecule has 1 aromatic carbocycles. The number of nitriles is 1. The molecule has 0 aliphatic heterocycles. The van der Waals surface area contributed by atoms with Crippen LogP contribution >= 0.6 is 11.6 Å². The van der Waals surface area contributed by atoms with Crippen molar-refractivity contribution in [3.8, 4) is 6.07 Å². The average Bonchev–Trinajstić information content (AvgIpc) is 2.76. The van der Waals surface area contributed by atoms with E-state index in [9.17, 15) is 0 Å². The molecule has 5 heteroatoms. The number of rotatable bonds is 4. The van der Waals surface area contributed by atoms with Gasteiger partial charge in [0.15, 0.2) is 0 Å². The van der Waals surface area contributed by atoms with Gasteiger partial charge in [-0.3, -0.25) is 0 Å². The second kappa shape index (κ2) is 5.89. The van der Waals surface area contributed by atoms with Crippen LogP contribution in [0, 0.1) is 11.3 Å². The first-order valence-corrected chi connectivity index (χ1v) is 6.65. The van der Waals surface area contributed by atoms with Crippen molar-refractivity contribution in [3.05, 3.63) is 46.7 Å². The highest BCUT2D eigenvalue weighted by atomic mass is 35.5. The molecule has 104 valence electrons. The normalized spacial score (nSPS) is 10.2. The van der Waals surface area contributed by atoms with Crippen molar-refractivity contribution in [2.75, 3.05) is 24.3 Å². The maximum Gasteiger partial charge on any atom is 0.120 e. The van der Waals surface area contributed by atoms with Crippen LogP contribution in [0.2, 0.25) is 5.02 Å². The Morgan fingerprint density at radius 2 is 2.10 bits per heavy atom. The Labute approximate surface area is 124 Å². The second-order valence-corrected chi connectivity index (χ2v) is 5.28. The minimum atomic E-state index is 0.655. The summed E-state index contributed by atoms with van der Waals surface area (Å²) in [4.78, 5) is 1.97. The number of benzene rings is 1. The van der Waals surface area contributed by atoms with Gasteiger partial charge in [-0.25, -0.2) is 0 Å². The Hall–Kier alpha value is -2.12. The number of nitrogens with zero attached hydrogens (tertiary/aromatic N) is 3. The first-order valence-electron chi connectivity index (χ1n) is 6.27. The monoisotopic (exact) mass is 288 g/mol.